The van der Waals surface area contributed by atoms with Crippen molar-refractivity contribution in [1.82, 2.24) is 0 Å². The van der Waals surface area contributed by atoms with E-state index in [1.165, 1.54) is 0 Å². The van der Waals surface area contributed by atoms with Gasteiger partial charge in [0.25, 0.3) is 0 Å². The zero-order valence-electron chi connectivity index (χ0n) is 13.9. The minimum absolute atomic E-state index is 0.422. The number of hydrogen-bond acceptors (Lipinski definition) is 4. The second kappa shape index (κ2) is 7.64. The van der Waals surface area contributed by atoms with Crippen LogP contribution in [-0.2, 0) is 15.8 Å². The molecule has 0 aliphatic carbocycles. The summed E-state index contributed by atoms with van der Waals surface area (Å²) >= 11 is 0. The normalized spacial score (nSPS) is 12.8. The van der Waals surface area contributed by atoms with Crippen molar-refractivity contribution in [3.8, 4) is 0 Å². The van der Waals surface area contributed by atoms with E-state index in [1.807, 2.05) is 0 Å². The Balaban J connectivity index is 3.65. The van der Waals surface area contributed by atoms with Crippen LogP contribution in [0.3, 0.4) is 0 Å². The van der Waals surface area contributed by atoms with Crippen molar-refractivity contribution in [2.24, 2.45) is 11.7 Å². The Morgan fingerprint density at radius 2 is 1.80 bits per heavy atom. The maximum absolute atomic E-state index is 13.5. The van der Waals surface area contributed by atoms with E-state index in [9.17, 15) is 27.6 Å². The number of rotatable bonds is 6. The molecule has 0 aliphatic heterocycles. The van der Waals surface area contributed by atoms with Gasteiger partial charge in [0.1, 0.15) is 6.54 Å². The van der Waals surface area contributed by atoms with Gasteiger partial charge >= 0.3 is 12.1 Å². The van der Waals surface area contributed by atoms with Crippen molar-refractivity contribution in [2.75, 3.05) is 11.4 Å². The first-order valence-corrected chi connectivity index (χ1v) is 7.37. The molecule has 0 saturated heterocycles. The van der Waals surface area contributed by atoms with Crippen LogP contribution in [0, 0.1) is 5.92 Å². The molecular weight excluding hydrogens is 341 g/mol. The Morgan fingerprint density at radius 1 is 1.24 bits per heavy atom. The van der Waals surface area contributed by atoms with Crippen molar-refractivity contribution in [1.29, 1.82) is 0 Å². The monoisotopic (exact) mass is 360 g/mol. The summed E-state index contributed by atoms with van der Waals surface area (Å²) < 4.78 is 40.6. The van der Waals surface area contributed by atoms with E-state index in [0.717, 1.165) is 25.1 Å². The molecule has 0 aromatic heterocycles. The summed E-state index contributed by atoms with van der Waals surface area (Å²) in [6, 6.07) is 1.88. The molecule has 0 saturated carbocycles. The number of ketones is 1. The Bertz CT molecular complexity index is 686. The standard InChI is InChI=1S/C16H19F3N2O4/c1-8(2)14(20)15(25)21(7-12(23)24)11-6-4-5-10(9(3)22)13(11)16(17,18)19/h4-6,8,14H,7,20H2,1-3H3,(H,23,24). The molecule has 1 aromatic carbocycles. The van der Waals surface area contributed by atoms with Gasteiger partial charge in [-0.1, -0.05) is 26.0 Å². The third kappa shape index (κ3) is 4.79. The Morgan fingerprint density at radius 3 is 2.20 bits per heavy atom. The predicted molar refractivity (Wildman–Crippen MR) is 84.3 cm³/mol. The number of carbonyl (C=O) groups excluding carboxylic acids is 2. The third-order valence-corrected chi connectivity index (χ3v) is 3.56. The smallest absolute Gasteiger partial charge is 0.419 e. The average molecular weight is 360 g/mol. The second-order valence-corrected chi connectivity index (χ2v) is 5.84. The molecule has 25 heavy (non-hydrogen) atoms. The number of nitrogens with zero attached hydrogens (tertiary/aromatic N) is 1. The van der Waals surface area contributed by atoms with Gasteiger partial charge < -0.3 is 10.8 Å². The molecule has 138 valence electrons. The molecule has 0 aliphatic rings. The summed E-state index contributed by atoms with van der Waals surface area (Å²) in [5.41, 5.74) is 2.99. The van der Waals surface area contributed by atoms with Crippen LogP contribution in [0.25, 0.3) is 0 Å². The van der Waals surface area contributed by atoms with Gasteiger partial charge in [-0.15, -0.1) is 0 Å². The highest BCUT2D eigenvalue weighted by molar-refractivity contribution is 6.04. The second-order valence-electron chi connectivity index (χ2n) is 5.84. The number of nitrogens with two attached hydrogens (primary N) is 1. The molecule has 9 heteroatoms. The number of halogens is 3. The number of aliphatic carboxylic acids is 1. The molecule has 0 fully saturated rings. The van der Waals surface area contributed by atoms with Crippen molar-refractivity contribution >= 4 is 23.3 Å². The molecule has 1 aromatic rings. The van der Waals surface area contributed by atoms with Crippen LogP contribution in [0.5, 0.6) is 0 Å². The fourth-order valence-corrected chi connectivity index (χ4v) is 2.24. The number of carbonyl (C=O) groups is 3. The van der Waals surface area contributed by atoms with E-state index in [4.69, 9.17) is 10.8 Å². The molecular formula is C16H19F3N2O4. The summed E-state index contributed by atoms with van der Waals surface area (Å²) in [4.78, 5) is 35.6. The first-order valence-electron chi connectivity index (χ1n) is 7.37. The molecule has 0 spiro atoms. The number of carboxylic acid groups (broad SMARTS) is 1. The van der Waals surface area contributed by atoms with Crippen LogP contribution in [-0.4, -0.2) is 35.4 Å². The maximum atomic E-state index is 13.5. The molecule has 3 N–H and O–H groups in total. The van der Waals surface area contributed by atoms with Gasteiger partial charge in [0.2, 0.25) is 5.91 Å². The summed E-state index contributed by atoms with van der Waals surface area (Å²) in [6.45, 7) is 3.11. The van der Waals surface area contributed by atoms with Crippen LogP contribution in [0.2, 0.25) is 0 Å². The van der Waals surface area contributed by atoms with E-state index in [1.54, 1.807) is 13.8 Å². The maximum Gasteiger partial charge on any atom is 0.419 e. The van der Waals surface area contributed by atoms with Crippen LogP contribution < -0.4 is 10.6 Å². The van der Waals surface area contributed by atoms with Gasteiger partial charge in [0, 0.05) is 5.56 Å². The number of anilines is 1. The SMILES string of the molecule is CC(=O)c1cccc(N(CC(=O)O)C(=O)C(N)C(C)C)c1C(F)(F)F. The Labute approximate surface area is 142 Å². The fraction of sp³-hybridized carbons (Fsp3) is 0.438. The van der Waals surface area contributed by atoms with Crippen molar-refractivity contribution in [3.05, 3.63) is 29.3 Å². The fourth-order valence-electron chi connectivity index (χ4n) is 2.24. The molecule has 1 unspecified atom stereocenters. The molecule has 0 radical (unpaired) electrons. The van der Waals surface area contributed by atoms with E-state index in [2.05, 4.69) is 0 Å². The minimum Gasteiger partial charge on any atom is -0.480 e. The van der Waals surface area contributed by atoms with Gasteiger partial charge in [0.15, 0.2) is 5.78 Å². The highest BCUT2D eigenvalue weighted by Gasteiger charge is 2.40. The molecule has 1 amide bonds. The van der Waals surface area contributed by atoms with Gasteiger partial charge in [0.05, 0.1) is 17.3 Å². The van der Waals surface area contributed by atoms with Crippen molar-refractivity contribution in [3.63, 3.8) is 0 Å². The van der Waals surface area contributed by atoms with Crippen LogP contribution in [0.15, 0.2) is 18.2 Å². The molecule has 0 heterocycles. The Kier molecular flexibility index (Phi) is 6.31. The lowest BCUT2D eigenvalue weighted by molar-refractivity contribution is -0.139. The summed E-state index contributed by atoms with van der Waals surface area (Å²) in [6.07, 6.45) is -4.96. The van der Waals surface area contributed by atoms with Crippen LogP contribution in [0.1, 0.15) is 36.7 Å². The third-order valence-electron chi connectivity index (χ3n) is 3.56. The number of benzene rings is 1. The number of alkyl halides is 3. The van der Waals surface area contributed by atoms with E-state index in [-0.39, 0.29) is 0 Å². The van der Waals surface area contributed by atoms with Gasteiger partial charge in [-0.3, -0.25) is 19.3 Å². The minimum atomic E-state index is -4.96. The zero-order chi connectivity index (χ0) is 19.5. The largest absolute Gasteiger partial charge is 0.480 e. The summed E-state index contributed by atoms with van der Waals surface area (Å²) in [7, 11) is 0. The lowest BCUT2D eigenvalue weighted by Crippen LogP contribution is -2.49. The van der Waals surface area contributed by atoms with Crippen molar-refractivity contribution < 1.29 is 32.7 Å². The first kappa shape index (κ1) is 20.6. The van der Waals surface area contributed by atoms with Crippen molar-refractivity contribution in [2.45, 2.75) is 33.0 Å². The average Bonchev–Trinajstić information content (AvgIpc) is 2.49. The predicted octanol–water partition coefficient (Wildman–Crippen LogP) is 2.31. The van der Waals surface area contributed by atoms with E-state index >= 15 is 0 Å². The first-order chi connectivity index (χ1) is 11.4. The molecule has 6 nitrogen and oxygen atoms in total. The van der Waals surface area contributed by atoms with Gasteiger partial charge in [-0.2, -0.15) is 13.2 Å². The topological polar surface area (TPSA) is 101 Å². The number of Topliss-reactive ketones (excluding diaryl/α,β-unsaturated/α-hetero) is 1. The molecule has 1 rings (SSSR count). The summed E-state index contributed by atoms with van der Waals surface area (Å²) in [5, 5.41) is 9.00. The van der Waals surface area contributed by atoms with Crippen LogP contribution >= 0.6 is 0 Å². The molecule has 1 atom stereocenters. The summed E-state index contributed by atoms with van der Waals surface area (Å²) in [5.74, 6) is -3.76. The highest BCUT2D eigenvalue weighted by atomic mass is 19.4. The number of hydrogen-bond donors (Lipinski definition) is 2. The number of amides is 1. The van der Waals surface area contributed by atoms with E-state index in [0.29, 0.717) is 4.90 Å². The van der Waals surface area contributed by atoms with E-state index < -0.39 is 59.2 Å². The van der Waals surface area contributed by atoms with Crippen LogP contribution in [0.4, 0.5) is 18.9 Å². The van der Waals surface area contributed by atoms with Gasteiger partial charge in [-0.25, -0.2) is 0 Å². The number of carboxylic acids is 1. The zero-order valence-corrected chi connectivity index (χ0v) is 13.9. The lowest BCUT2D eigenvalue weighted by Gasteiger charge is -2.29. The quantitative estimate of drug-likeness (QED) is 0.758. The van der Waals surface area contributed by atoms with Gasteiger partial charge in [-0.05, 0) is 18.9 Å². The Hall–Kier alpha value is -2.42. The molecule has 0 bridgehead atoms. The highest BCUT2D eigenvalue weighted by Crippen LogP contribution is 2.39. The lowest BCUT2D eigenvalue weighted by atomic mass is 9.99.